The molecule has 1 aliphatic carbocycles. The third-order valence-corrected chi connectivity index (χ3v) is 5.14. The van der Waals surface area contributed by atoms with E-state index in [0.717, 1.165) is 24.8 Å². The van der Waals surface area contributed by atoms with Crippen LogP contribution in [0, 0.1) is 11.8 Å². The first-order valence-electron chi connectivity index (χ1n) is 8.56. The van der Waals surface area contributed by atoms with Crippen LogP contribution in [-0.2, 0) is 30.4 Å². The molecular weight excluding hydrogens is 308 g/mol. The first-order chi connectivity index (χ1) is 11.6. The minimum atomic E-state index is -0.487. The molecule has 2 aliphatic rings. The predicted molar refractivity (Wildman–Crippen MR) is 87.0 cm³/mol. The maximum atomic E-state index is 12.6. The van der Waals surface area contributed by atoms with Crippen molar-refractivity contribution < 1.29 is 23.8 Å². The minimum absolute atomic E-state index is 0.220. The third-order valence-electron chi connectivity index (χ3n) is 5.14. The van der Waals surface area contributed by atoms with Gasteiger partial charge < -0.3 is 14.2 Å². The summed E-state index contributed by atoms with van der Waals surface area (Å²) in [5, 5.41) is 0. The fourth-order valence-corrected chi connectivity index (χ4v) is 3.88. The van der Waals surface area contributed by atoms with Crippen LogP contribution in [0.25, 0.3) is 0 Å². The average molecular weight is 332 g/mol. The molecule has 1 saturated heterocycles. The molecule has 1 aromatic rings. The molecule has 5 nitrogen and oxygen atoms in total. The standard InChI is InChI=1S/C19H24O5/c1-22-17(20)15-11-19(9-5-6-10-24-19)12-16(15)18(21)23-13-14-7-3-2-4-8-14/h2-4,7-8,15-16H,5-6,9-13H2,1H3/t15-,16+,19?/m0/s1. The topological polar surface area (TPSA) is 61.8 Å². The average Bonchev–Trinajstić information content (AvgIpc) is 2.99. The molecule has 1 saturated carbocycles. The minimum Gasteiger partial charge on any atom is -0.469 e. The van der Waals surface area contributed by atoms with E-state index in [2.05, 4.69) is 0 Å². The summed E-state index contributed by atoms with van der Waals surface area (Å²) in [6.45, 7) is 0.914. The van der Waals surface area contributed by atoms with Crippen LogP contribution in [-0.4, -0.2) is 31.3 Å². The number of esters is 2. The van der Waals surface area contributed by atoms with Gasteiger partial charge in [-0.25, -0.2) is 0 Å². The molecule has 3 atom stereocenters. The number of benzene rings is 1. The van der Waals surface area contributed by atoms with Gasteiger partial charge in [-0.3, -0.25) is 9.59 Å². The van der Waals surface area contributed by atoms with Gasteiger partial charge in [-0.1, -0.05) is 30.3 Å². The molecule has 1 spiro atoms. The van der Waals surface area contributed by atoms with Crippen molar-refractivity contribution in [1.29, 1.82) is 0 Å². The van der Waals surface area contributed by atoms with E-state index in [1.54, 1.807) is 0 Å². The second kappa shape index (κ2) is 7.34. The number of carbonyl (C=O) groups is 2. The molecule has 1 aliphatic heterocycles. The van der Waals surface area contributed by atoms with E-state index < -0.39 is 11.8 Å². The van der Waals surface area contributed by atoms with Crippen LogP contribution in [0.5, 0.6) is 0 Å². The monoisotopic (exact) mass is 332 g/mol. The van der Waals surface area contributed by atoms with Gasteiger partial charge in [0.15, 0.2) is 0 Å². The van der Waals surface area contributed by atoms with Gasteiger partial charge in [-0.05, 0) is 37.7 Å². The zero-order valence-corrected chi connectivity index (χ0v) is 14.0. The number of rotatable bonds is 4. The summed E-state index contributed by atoms with van der Waals surface area (Å²) < 4.78 is 16.4. The van der Waals surface area contributed by atoms with Gasteiger partial charge in [-0.2, -0.15) is 0 Å². The normalized spacial score (nSPS) is 29.4. The third kappa shape index (κ3) is 3.61. The Hall–Kier alpha value is -1.88. The Morgan fingerprint density at radius 1 is 1.12 bits per heavy atom. The molecule has 24 heavy (non-hydrogen) atoms. The fraction of sp³-hybridized carbons (Fsp3) is 0.579. The summed E-state index contributed by atoms with van der Waals surface area (Å²) in [4.78, 5) is 24.7. The molecule has 0 N–H and O–H groups in total. The highest BCUT2D eigenvalue weighted by molar-refractivity contribution is 5.83. The molecule has 0 aromatic heterocycles. The van der Waals surface area contributed by atoms with Crippen LogP contribution in [0.15, 0.2) is 30.3 Å². The summed E-state index contributed by atoms with van der Waals surface area (Å²) in [5.41, 5.74) is 0.565. The smallest absolute Gasteiger partial charge is 0.310 e. The number of methoxy groups -OCH3 is 1. The van der Waals surface area contributed by atoms with E-state index in [1.807, 2.05) is 30.3 Å². The number of hydrogen-bond donors (Lipinski definition) is 0. The van der Waals surface area contributed by atoms with E-state index in [0.29, 0.717) is 19.4 Å². The van der Waals surface area contributed by atoms with Crippen LogP contribution in [0.4, 0.5) is 0 Å². The molecule has 0 radical (unpaired) electrons. The highest BCUT2D eigenvalue weighted by atomic mass is 16.5. The Morgan fingerprint density at radius 3 is 2.46 bits per heavy atom. The highest BCUT2D eigenvalue weighted by Crippen LogP contribution is 2.47. The maximum Gasteiger partial charge on any atom is 0.310 e. The van der Waals surface area contributed by atoms with Gasteiger partial charge in [0.05, 0.1) is 24.5 Å². The molecule has 130 valence electrons. The zero-order valence-electron chi connectivity index (χ0n) is 14.0. The lowest BCUT2D eigenvalue weighted by atomic mass is 9.91. The van der Waals surface area contributed by atoms with E-state index in [9.17, 15) is 9.59 Å². The zero-order chi connectivity index (χ0) is 17.0. The van der Waals surface area contributed by atoms with Crippen molar-refractivity contribution in [1.82, 2.24) is 0 Å². The van der Waals surface area contributed by atoms with Crippen LogP contribution < -0.4 is 0 Å². The summed E-state index contributed by atoms with van der Waals surface area (Å²) in [6, 6.07) is 9.54. The number of carbonyl (C=O) groups excluding carboxylic acids is 2. The Bertz CT molecular complexity index is 577. The second-order valence-electron chi connectivity index (χ2n) is 6.73. The van der Waals surface area contributed by atoms with Crippen LogP contribution in [0.2, 0.25) is 0 Å². The molecule has 1 unspecified atom stereocenters. The van der Waals surface area contributed by atoms with Crippen molar-refractivity contribution in [3.05, 3.63) is 35.9 Å². The number of hydrogen-bond acceptors (Lipinski definition) is 5. The van der Waals surface area contributed by atoms with E-state index in [1.165, 1.54) is 7.11 Å². The first kappa shape index (κ1) is 17.0. The van der Waals surface area contributed by atoms with E-state index >= 15 is 0 Å². The Kier molecular flexibility index (Phi) is 5.19. The maximum absolute atomic E-state index is 12.6. The summed E-state index contributed by atoms with van der Waals surface area (Å²) in [6.07, 6.45) is 4.08. The molecule has 1 heterocycles. The van der Waals surface area contributed by atoms with Crippen molar-refractivity contribution >= 4 is 11.9 Å². The lowest BCUT2D eigenvalue weighted by Crippen LogP contribution is -2.34. The van der Waals surface area contributed by atoms with Gasteiger partial charge in [-0.15, -0.1) is 0 Å². The SMILES string of the molecule is COC(=O)[C@H]1CC2(CCCCO2)C[C@H]1C(=O)OCc1ccccc1. The van der Waals surface area contributed by atoms with Gasteiger partial charge in [0, 0.05) is 6.61 Å². The Balaban J connectivity index is 1.68. The molecular formula is C19H24O5. The lowest BCUT2D eigenvalue weighted by molar-refractivity contribution is -0.158. The second-order valence-corrected chi connectivity index (χ2v) is 6.73. The number of ether oxygens (including phenoxy) is 3. The molecule has 2 fully saturated rings. The van der Waals surface area contributed by atoms with Crippen LogP contribution >= 0.6 is 0 Å². The summed E-state index contributed by atoms with van der Waals surface area (Å²) in [5.74, 6) is -1.64. The van der Waals surface area contributed by atoms with Crippen molar-refractivity contribution in [2.45, 2.75) is 44.3 Å². The van der Waals surface area contributed by atoms with Crippen LogP contribution in [0.3, 0.4) is 0 Å². The van der Waals surface area contributed by atoms with Crippen molar-refractivity contribution in [3.8, 4) is 0 Å². The van der Waals surface area contributed by atoms with Crippen LogP contribution in [0.1, 0.15) is 37.7 Å². The summed E-state index contributed by atoms with van der Waals surface area (Å²) in [7, 11) is 1.36. The first-order valence-corrected chi connectivity index (χ1v) is 8.56. The highest BCUT2D eigenvalue weighted by Gasteiger charge is 2.53. The van der Waals surface area contributed by atoms with Gasteiger partial charge in [0.2, 0.25) is 0 Å². The summed E-state index contributed by atoms with van der Waals surface area (Å²) >= 11 is 0. The van der Waals surface area contributed by atoms with E-state index in [-0.39, 0.29) is 24.1 Å². The van der Waals surface area contributed by atoms with Crippen molar-refractivity contribution in [3.63, 3.8) is 0 Å². The largest absolute Gasteiger partial charge is 0.469 e. The Morgan fingerprint density at radius 2 is 1.83 bits per heavy atom. The predicted octanol–water partition coefficient (Wildman–Crippen LogP) is 2.87. The van der Waals surface area contributed by atoms with Gasteiger partial charge >= 0.3 is 11.9 Å². The van der Waals surface area contributed by atoms with Crippen molar-refractivity contribution in [2.24, 2.45) is 11.8 Å². The molecule has 5 heteroatoms. The fourth-order valence-electron chi connectivity index (χ4n) is 3.88. The quantitative estimate of drug-likeness (QED) is 0.794. The molecule has 0 amide bonds. The van der Waals surface area contributed by atoms with Crippen molar-refractivity contribution in [2.75, 3.05) is 13.7 Å². The Labute approximate surface area is 142 Å². The van der Waals surface area contributed by atoms with E-state index in [4.69, 9.17) is 14.2 Å². The van der Waals surface area contributed by atoms with Gasteiger partial charge in [0.25, 0.3) is 0 Å². The molecule has 3 rings (SSSR count). The molecule has 0 bridgehead atoms. The lowest BCUT2D eigenvalue weighted by Gasteiger charge is -2.33. The molecule has 1 aromatic carbocycles. The van der Waals surface area contributed by atoms with Gasteiger partial charge in [0.1, 0.15) is 6.61 Å².